The Morgan fingerprint density at radius 1 is 1.50 bits per heavy atom. The number of hydrogen-bond acceptors (Lipinski definition) is 4. The number of anilines is 1. The molecule has 0 aromatic carbocycles. The maximum absolute atomic E-state index is 12.6. The fourth-order valence-corrected chi connectivity index (χ4v) is 2.51. The number of carbonyl (C=O) groups is 1. The minimum Gasteiger partial charge on any atom is -0.368 e. The van der Waals surface area contributed by atoms with E-state index in [1.807, 2.05) is 6.26 Å². The quantitative estimate of drug-likeness (QED) is 0.877. The Labute approximate surface area is 118 Å². The van der Waals surface area contributed by atoms with Crippen molar-refractivity contribution in [3.05, 3.63) is 23.4 Å². The van der Waals surface area contributed by atoms with E-state index in [4.69, 9.17) is 5.73 Å². The number of halogens is 3. The Bertz CT molecular complexity index is 529. The monoisotopic (exact) mass is 305 g/mol. The van der Waals surface area contributed by atoms with Crippen molar-refractivity contribution in [2.24, 2.45) is 5.73 Å². The van der Waals surface area contributed by atoms with Gasteiger partial charge in [0.15, 0.2) is 0 Å². The molecule has 0 aliphatic heterocycles. The lowest BCUT2D eigenvalue weighted by Gasteiger charge is -2.16. The average Bonchev–Trinajstić information content (AvgIpc) is 3.15. The number of amides is 1. The molecular weight excluding hydrogens is 291 g/mol. The molecule has 1 aromatic rings. The summed E-state index contributed by atoms with van der Waals surface area (Å²) in [6, 6.07) is 1.81. The number of pyridine rings is 1. The van der Waals surface area contributed by atoms with Crippen LogP contribution >= 0.6 is 11.8 Å². The van der Waals surface area contributed by atoms with Gasteiger partial charge in [-0.05, 0) is 31.2 Å². The Balaban J connectivity index is 2.25. The lowest BCUT2D eigenvalue weighted by molar-refractivity contribution is -0.141. The molecule has 0 saturated heterocycles. The number of aromatic nitrogens is 1. The zero-order chi connectivity index (χ0) is 15.0. The van der Waals surface area contributed by atoms with E-state index in [-0.39, 0.29) is 16.1 Å². The average molecular weight is 305 g/mol. The molecule has 4 nitrogen and oxygen atoms in total. The van der Waals surface area contributed by atoms with Crippen LogP contribution in [0.15, 0.2) is 12.1 Å². The predicted octanol–water partition coefficient (Wildman–Crippen LogP) is 2.51. The molecule has 0 radical (unpaired) electrons. The van der Waals surface area contributed by atoms with E-state index in [1.165, 1.54) is 0 Å². The highest BCUT2D eigenvalue weighted by atomic mass is 32.2. The SMILES string of the molecule is CSC1(CNc2nc(C(F)(F)F)ccc2C(N)=O)CC1. The summed E-state index contributed by atoms with van der Waals surface area (Å²) < 4.78 is 38.0. The number of thioether (sulfide) groups is 1. The van der Waals surface area contributed by atoms with Gasteiger partial charge in [-0.25, -0.2) is 4.98 Å². The third-order valence-electron chi connectivity index (χ3n) is 3.27. The third-order valence-corrected chi connectivity index (χ3v) is 4.69. The van der Waals surface area contributed by atoms with E-state index in [0.717, 1.165) is 25.0 Å². The molecule has 1 saturated carbocycles. The molecule has 0 unspecified atom stereocenters. The number of carbonyl (C=O) groups excluding carboxylic acids is 1. The van der Waals surface area contributed by atoms with Crippen molar-refractivity contribution < 1.29 is 18.0 Å². The van der Waals surface area contributed by atoms with Crippen molar-refractivity contribution in [1.82, 2.24) is 4.98 Å². The normalized spacial score (nSPS) is 16.8. The van der Waals surface area contributed by atoms with Gasteiger partial charge in [0.1, 0.15) is 11.5 Å². The summed E-state index contributed by atoms with van der Waals surface area (Å²) in [5.41, 5.74) is 4.08. The van der Waals surface area contributed by atoms with E-state index in [1.54, 1.807) is 11.8 Å². The molecule has 20 heavy (non-hydrogen) atoms. The molecule has 8 heteroatoms. The Hall–Kier alpha value is -1.44. The maximum Gasteiger partial charge on any atom is 0.433 e. The third kappa shape index (κ3) is 3.17. The van der Waals surface area contributed by atoms with Crippen LogP contribution in [-0.2, 0) is 6.18 Å². The Kier molecular flexibility index (Phi) is 3.86. The number of rotatable bonds is 5. The van der Waals surface area contributed by atoms with Crippen LogP contribution in [-0.4, -0.2) is 28.4 Å². The van der Waals surface area contributed by atoms with Crippen LogP contribution in [0.3, 0.4) is 0 Å². The second-order valence-corrected chi connectivity index (χ2v) is 5.97. The van der Waals surface area contributed by atoms with Crippen molar-refractivity contribution in [2.45, 2.75) is 23.8 Å². The molecule has 1 aliphatic carbocycles. The molecule has 3 N–H and O–H groups in total. The largest absolute Gasteiger partial charge is 0.433 e. The van der Waals surface area contributed by atoms with Gasteiger partial charge in [0.2, 0.25) is 0 Å². The minimum absolute atomic E-state index is 0.0325. The van der Waals surface area contributed by atoms with Crippen LogP contribution in [0, 0.1) is 0 Å². The van der Waals surface area contributed by atoms with Crippen molar-refractivity contribution in [2.75, 3.05) is 18.1 Å². The van der Waals surface area contributed by atoms with Gasteiger partial charge in [0.25, 0.3) is 5.91 Å². The summed E-state index contributed by atoms with van der Waals surface area (Å²) in [6.45, 7) is 0.461. The first-order valence-corrected chi connectivity index (χ1v) is 7.17. The zero-order valence-electron chi connectivity index (χ0n) is 10.8. The smallest absolute Gasteiger partial charge is 0.368 e. The second kappa shape index (κ2) is 5.16. The van der Waals surface area contributed by atoms with E-state index >= 15 is 0 Å². The summed E-state index contributed by atoms with van der Waals surface area (Å²) in [6.07, 6.45) is -0.620. The van der Waals surface area contributed by atoms with Gasteiger partial charge < -0.3 is 11.1 Å². The number of alkyl halides is 3. The highest BCUT2D eigenvalue weighted by Gasteiger charge is 2.42. The van der Waals surface area contributed by atoms with Gasteiger partial charge in [-0.3, -0.25) is 4.79 Å². The number of nitrogens with two attached hydrogens (primary N) is 1. The molecule has 110 valence electrons. The van der Waals surface area contributed by atoms with Crippen LogP contribution in [0.5, 0.6) is 0 Å². The van der Waals surface area contributed by atoms with Gasteiger partial charge in [0.05, 0.1) is 5.56 Å². The first-order chi connectivity index (χ1) is 9.27. The number of hydrogen-bond donors (Lipinski definition) is 2. The van der Waals surface area contributed by atoms with Gasteiger partial charge in [-0.15, -0.1) is 0 Å². The summed E-state index contributed by atoms with van der Waals surface area (Å²) >= 11 is 1.65. The van der Waals surface area contributed by atoms with Gasteiger partial charge in [-0.1, -0.05) is 0 Å². The highest BCUT2D eigenvalue weighted by Crippen LogP contribution is 2.47. The van der Waals surface area contributed by atoms with E-state index < -0.39 is 17.8 Å². The molecule has 1 heterocycles. The molecule has 0 spiro atoms. The zero-order valence-corrected chi connectivity index (χ0v) is 11.6. The standard InChI is InChI=1S/C12H14F3N3OS/c1-20-11(4-5-11)6-17-10-7(9(16)19)2-3-8(18-10)12(13,14)15/h2-3H,4-6H2,1H3,(H2,16,19)(H,17,18). The van der Waals surface area contributed by atoms with Crippen molar-refractivity contribution in [1.29, 1.82) is 0 Å². The maximum atomic E-state index is 12.6. The van der Waals surface area contributed by atoms with Crippen LogP contribution in [0.25, 0.3) is 0 Å². The van der Waals surface area contributed by atoms with Gasteiger partial charge in [-0.2, -0.15) is 24.9 Å². The fraction of sp³-hybridized carbons (Fsp3) is 0.500. The van der Waals surface area contributed by atoms with Crippen LogP contribution in [0.1, 0.15) is 28.9 Å². The summed E-state index contributed by atoms with van der Waals surface area (Å²) in [7, 11) is 0. The van der Waals surface area contributed by atoms with Crippen molar-refractivity contribution >= 4 is 23.5 Å². The fourth-order valence-electron chi connectivity index (χ4n) is 1.79. The summed E-state index contributed by atoms with van der Waals surface area (Å²) in [5, 5.41) is 2.83. The molecule has 1 amide bonds. The molecular formula is C12H14F3N3OS. The highest BCUT2D eigenvalue weighted by molar-refractivity contribution is 8.00. The summed E-state index contributed by atoms with van der Waals surface area (Å²) in [4.78, 5) is 14.7. The number of nitrogens with zero attached hydrogens (tertiary/aromatic N) is 1. The van der Waals surface area contributed by atoms with Gasteiger partial charge >= 0.3 is 6.18 Å². The molecule has 2 rings (SSSR count). The minimum atomic E-state index is -4.55. The molecule has 1 aromatic heterocycles. The lowest BCUT2D eigenvalue weighted by Crippen LogP contribution is -2.23. The van der Waals surface area contributed by atoms with Crippen molar-refractivity contribution in [3.8, 4) is 0 Å². The number of primary amides is 1. The Morgan fingerprint density at radius 2 is 2.15 bits per heavy atom. The molecule has 0 bridgehead atoms. The van der Waals surface area contributed by atoms with Crippen LogP contribution < -0.4 is 11.1 Å². The number of nitrogens with one attached hydrogen (secondary N) is 1. The van der Waals surface area contributed by atoms with E-state index in [2.05, 4.69) is 10.3 Å². The Morgan fingerprint density at radius 3 is 2.60 bits per heavy atom. The predicted molar refractivity (Wildman–Crippen MR) is 71.7 cm³/mol. The first-order valence-electron chi connectivity index (χ1n) is 5.94. The first kappa shape index (κ1) is 15.0. The molecule has 1 aliphatic rings. The van der Waals surface area contributed by atoms with Gasteiger partial charge in [0, 0.05) is 11.3 Å². The molecule has 0 atom stereocenters. The molecule has 1 fully saturated rings. The topological polar surface area (TPSA) is 68.0 Å². The summed E-state index contributed by atoms with van der Waals surface area (Å²) in [5.74, 6) is -0.907. The van der Waals surface area contributed by atoms with Crippen LogP contribution in [0.4, 0.5) is 19.0 Å². The van der Waals surface area contributed by atoms with Crippen molar-refractivity contribution in [3.63, 3.8) is 0 Å². The lowest BCUT2D eigenvalue weighted by atomic mass is 10.2. The van der Waals surface area contributed by atoms with E-state index in [0.29, 0.717) is 6.54 Å². The second-order valence-electron chi connectivity index (χ2n) is 4.70. The van der Waals surface area contributed by atoms with E-state index in [9.17, 15) is 18.0 Å². The van der Waals surface area contributed by atoms with Crippen LogP contribution in [0.2, 0.25) is 0 Å².